The fraction of sp³-hybridized carbons (Fsp3) is 0.688. The maximum atomic E-state index is 12.2. The minimum absolute atomic E-state index is 0. The molecule has 316 valence electrons. The Labute approximate surface area is 321 Å². The van der Waals surface area contributed by atoms with Crippen molar-refractivity contribution in [2.75, 3.05) is 98.4 Å². The van der Waals surface area contributed by atoms with Crippen LogP contribution in [-0.2, 0) is 28.7 Å². The summed E-state index contributed by atoms with van der Waals surface area (Å²) in [6.45, 7) is 0.674. The third-order valence-corrected chi connectivity index (χ3v) is 8.88. The average Bonchev–Trinajstić information content (AvgIpc) is 3.18. The van der Waals surface area contributed by atoms with Crippen molar-refractivity contribution in [3.05, 3.63) is 0 Å². The van der Waals surface area contributed by atoms with Gasteiger partial charge in [-0.25, -0.2) is 19.6 Å². The highest BCUT2D eigenvalue weighted by Crippen LogP contribution is 2.34. The summed E-state index contributed by atoms with van der Waals surface area (Å²) < 4.78 is 10.00. The van der Waals surface area contributed by atoms with Gasteiger partial charge in [0, 0.05) is 39.3 Å². The number of aromatic nitrogens is 4. The molecule has 24 nitrogen and oxygen atoms in total. The van der Waals surface area contributed by atoms with Crippen molar-refractivity contribution in [3.63, 3.8) is 0 Å². The molecule has 0 saturated carbocycles. The predicted octanol–water partition coefficient (Wildman–Crippen LogP) is -5.22. The Morgan fingerprint density at radius 2 is 0.911 bits per heavy atom. The van der Waals surface area contributed by atoms with Gasteiger partial charge in [0.15, 0.2) is 23.8 Å². The van der Waals surface area contributed by atoms with Gasteiger partial charge >= 0.3 is 11.9 Å². The Bertz CT molecular complexity index is 1480. The number of carbonyl (C=O) groups excluding carboxylic acids is 4. The van der Waals surface area contributed by atoms with Gasteiger partial charge in [0.1, 0.15) is 36.5 Å². The van der Waals surface area contributed by atoms with Crippen molar-refractivity contribution in [1.82, 2.24) is 32.2 Å². The summed E-state index contributed by atoms with van der Waals surface area (Å²) in [6, 6.07) is 0. The molecule has 2 aliphatic heterocycles. The summed E-state index contributed by atoms with van der Waals surface area (Å²) in [6.07, 6.45) is -4.35. The minimum atomic E-state index is -2.49. The van der Waals surface area contributed by atoms with E-state index in [1.165, 1.54) is 9.80 Å². The molecule has 14 N–H and O–H groups in total. The lowest BCUT2D eigenvalue weighted by Crippen LogP contribution is -2.47. The normalized spacial score (nSPS) is 16.4. The zero-order valence-corrected chi connectivity index (χ0v) is 31.6. The van der Waals surface area contributed by atoms with Gasteiger partial charge in [0.25, 0.3) is 0 Å². The van der Waals surface area contributed by atoms with Crippen LogP contribution < -0.4 is 42.1 Å². The molecule has 0 bridgehead atoms. The van der Waals surface area contributed by atoms with E-state index >= 15 is 0 Å². The SMILES string of the molecule is O=C([O-])[C@@H](O)[C@H](O)C(=O)OCCN(CCO)c1nc(N2CCCCC2)c2nc(N(CCO)CCOC(=O)[C@@H](O)[C@H](O)C(=O)[O-])nc(N3CCCCC3)c2n1.[NH4+].[NH4+]. The summed E-state index contributed by atoms with van der Waals surface area (Å²) in [7, 11) is 0. The second-order valence-corrected chi connectivity index (χ2v) is 12.7. The van der Waals surface area contributed by atoms with Crippen molar-refractivity contribution in [2.45, 2.75) is 62.9 Å². The number of ether oxygens (including phenoxy) is 2. The summed E-state index contributed by atoms with van der Waals surface area (Å²) in [4.78, 5) is 72.6. The van der Waals surface area contributed by atoms with Gasteiger partial charge in [-0.15, -0.1) is 0 Å². The maximum absolute atomic E-state index is 12.2. The number of piperidine rings is 2. The highest BCUT2D eigenvalue weighted by Gasteiger charge is 2.30. The highest BCUT2D eigenvalue weighted by molar-refractivity contribution is 5.95. The molecule has 24 heteroatoms. The number of aliphatic hydroxyl groups excluding tert-OH is 6. The molecule has 2 aromatic heterocycles. The lowest BCUT2D eigenvalue weighted by Gasteiger charge is -2.33. The number of fused-ring (bicyclic) bond motifs is 1. The topological polar surface area (TPSA) is 392 Å². The second kappa shape index (κ2) is 22.7. The monoisotopic (exact) mass is 802 g/mol. The molecule has 0 amide bonds. The van der Waals surface area contributed by atoms with Crippen LogP contribution in [0.2, 0.25) is 0 Å². The van der Waals surface area contributed by atoms with E-state index in [1.807, 2.05) is 9.80 Å². The number of hydrogen-bond acceptors (Lipinski definition) is 22. The van der Waals surface area contributed by atoms with E-state index < -0.39 is 61.5 Å². The largest absolute Gasteiger partial charge is 0.547 e. The summed E-state index contributed by atoms with van der Waals surface area (Å²) in [5, 5.41) is 80.1. The maximum Gasteiger partial charge on any atom is 0.338 e. The average molecular weight is 803 g/mol. The van der Waals surface area contributed by atoms with E-state index in [-0.39, 0.29) is 63.6 Å². The predicted molar refractivity (Wildman–Crippen MR) is 194 cm³/mol. The van der Waals surface area contributed by atoms with Crippen LogP contribution in [0.1, 0.15) is 38.5 Å². The summed E-state index contributed by atoms with van der Waals surface area (Å²) in [5.74, 6) is -5.81. The number of nitrogens with zero attached hydrogens (tertiary/aromatic N) is 8. The third kappa shape index (κ3) is 12.1. The Hall–Kier alpha value is -4.82. The Morgan fingerprint density at radius 1 is 0.571 bits per heavy atom. The molecule has 4 rings (SSSR count). The van der Waals surface area contributed by atoms with Gasteiger partial charge < -0.3 is 91.8 Å². The van der Waals surface area contributed by atoms with Crippen molar-refractivity contribution in [1.29, 1.82) is 0 Å². The van der Waals surface area contributed by atoms with E-state index in [0.29, 0.717) is 48.8 Å². The molecule has 2 fully saturated rings. The van der Waals surface area contributed by atoms with E-state index in [0.717, 1.165) is 38.5 Å². The van der Waals surface area contributed by atoms with Crippen LogP contribution in [0.4, 0.5) is 23.5 Å². The van der Waals surface area contributed by atoms with Gasteiger partial charge in [-0.05, 0) is 38.5 Å². The molecule has 2 saturated heterocycles. The molecular formula is C32H54N10O14. The number of esters is 2. The lowest BCUT2D eigenvalue weighted by molar-refractivity contribution is -0.319. The van der Waals surface area contributed by atoms with Crippen LogP contribution in [0.25, 0.3) is 11.0 Å². The molecule has 4 atom stereocenters. The number of carbonyl (C=O) groups is 4. The van der Waals surface area contributed by atoms with Crippen LogP contribution in [0.3, 0.4) is 0 Å². The minimum Gasteiger partial charge on any atom is -0.547 e. The Balaban J connectivity index is 0.00000541. The highest BCUT2D eigenvalue weighted by atomic mass is 16.6. The van der Waals surface area contributed by atoms with Crippen LogP contribution in [0.5, 0.6) is 0 Å². The zero-order valence-electron chi connectivity index (χ0n) is 31.6. The van der Waals surface area contributed by atoms with Crippen molar-refractivity contribution < 1.29 is 69.5 Å². The molecule has 0 aliphatic carbocycles. The number of aliphatic hydroxyl groups is 6. The molecule has 0 aromatic carbocycles. The van der Waals surface area contributed by atoms with Crippen LogP contribution in [-0.4, -0.2) is 178 Å². The van der Waals surface area contributed by atoms with Crippen LogP contribution >= 0.6 is 0 Å². The molecule has 0 spiro atoms. The number of rotatable bonds is 20. The van der Waals surface area contributed by atoms with E-state index in [1.54, 1.807) is 0 Å². The van der Waals surface area contributed by atoms with Gasteiger partial charge in [0.05, 0.1) is 38.2 Å². The van der Waals surface area contributed by atoms with Crippen molar-refractivity contribution >= 4 is 58.4 Å². The van der Waals surface area contributed by atoms with Crippen molar-refractivity contribution in [2.24, 2.45) is 0 Å². The molecule has 2 aromatic rings. The second-order valence-electron chi connectivity index (χ2n) is 12.7. The number of aliphatic carboxylic acids is 2. The number of hydrogen-bond donors (Lipinski definition) is 8. The number of anilines is 4. The molecular weight excluding hydrogens is 748 g/mol. The summed E-state index contributed by atoms with van der Waals surface area (Å²) in [5.41, 5.74) is 0.710. The standard InChI is InChI=1S/C32H48N8O14.2H3N/c41-15-11-39(13-17-53-29(51)23(45)21(43)27(47)48)31-34-20-19(25(35-31)37-7-3-1-4-8-37)33-32(36-26(20)38-9-5-2-6-10-38)40(12-16-42)14-18-54-30(52)24(46)22(44)28(49)50;;/h21-24,41-46H,1-18H2,(H,47,48)(H,49,50);2*1H3/t21-,22-,23-,24-;;/m0../s1. The first-order valence-electron chi connectivity index (χ1n) is 17.7. The van der Waals surface area contributed by atoms with Gasteiger partial charge in [-0.2, -0.15) is 9.97 Å². The molecule has 0 unspecified atom stereocenters. The van der Waals surface area contributed by atoms with Crippen LogP contribution in [0.15, 0.2) is 0 Å². The third-order valence-electron chi connectivity index (χ3n) is 8.88. The molecule has 2 aliphatic rings. The fourth-order valence-corrected chi connectivity index (χ4v) is 5.96. The van der Waals surface area contributed by atoms with E-state index in [2.05, 4.69) is 0 Å². The van der Waals surface area contributed by atoms with Crippen molar-refractivity contribution in [3.8, 4) is 0 Å². The van der Waals surface area contributed by atoms with Crippen LogP contribution in [0, 0.1) is 0 Å². The number of quaternary nitrogens is 2. The molecule has 56 heavy (non-hydrogen) atoms. The number of carboxylic acids is 2. The summed E-state index contributed by atoms with van der Waals surface area (Å²) >= 11 is 0. The lowest BCUT2D eigenvalue weighted by atomic mass is 10.1. The first kappa shape index (κ1) is 47.3. The Morgan fingerprint density at radius 3 is 1.21 bits per heavy atom. The van der Waals surface area contributed by atoms with Gasteiger partial charge in [-0.3, -0.25) is 0 Å². The first-order valence-corrected chi connectivity index (χ1v) is 17.7. The zero-order chi connectivity index (χ0) is 39.4. The van der Waals surface area contributed by atoms with E-state index in [9.17, 15) is 60.0 Å². The quantitative estimate of drug-likeness (QED) is 0.0580. The number of carboxylic acid groups (broad SMARTS) is 2. The molecule has 0 radical (unpaired) electrons. The van der Waals surface area contributed by atoms with Gasteiger partial charge in [0.2, 0.25) is 11.9 Å². The first-order chi connectivity index (χ1) is 25.9. The molecule has 4 heterocycles. The fourth-order valence-electron chi connectivity index (χ4n) is 5.96. The Kier molecular flexibility index (Phi) is 19.2. The smallest absolute Gasteiger partial charge is 0.338 e. The van der Waals surface area contributed by atoms with E-state index in [4.69, 9.17) is 29.4 Å². The van der Waals surface area contributed by atoms with Gasteiger partial charge in [-0.1, -0.05) is 0 Å².